The molecule has 1 aliphatic carbocycles. The summed E-state index contributed by atoms with van der Waals surface area (Å²) < 4.78 is 50.7. The van der Waals surface area contributed by atoms with Crippen LogP contribution in [-0.4, -0.2) is 44.9 Å². The molecule has 0 amide bonds. The highest BCUT2D eigenvalue weighted by molar-refractivity contribution is 6.36. The Labute approximate surface area is 216 Å². The molecule has 2 atom stereocenters. The Morgan fingerprint density at radius 2 is 2.03 bits per heavy atom. The SMILES string of the molecule is Cn1c(Nc2cc(C(F)(F)F)cn([C@H]3CC[C@H]3O)c2=O)nc2ncc(Oc3cnn4ccncc34)c(Cl)c21. The number of hydrogen-bond acceptors (Lipinski definition) is 8. The molecule has 38 heavy (non-hydrogen) atoms. The lowest BCUT2D eigenvalue weighted by Crippen LogP contribution is -2.40. The van der Waals surface area contributed by atoms with E-state index in [-0.39, 0.29) is 28.1 Å². The van der Waals surface area contributed by atoms with Crippen molar-refractivity contribution in [3.8, 4) is 11.5 Å². The number of aryl methyl sites for hydroxylation is 1. The Balaban J connectivity index is 1.39. The van der Waals surface area contributed by atoms with Crippen LogP contribution >= 0.6 is 11.6 Å². The van der Waals surface area contributed by atoms with Gasteiger partial charge in [0.05, 0.1) is 36.3 Å². The van der Waals surface area contributed by atoms with Crippen LogP contribution in [0.3, 0.4) is 0 Å². The van der Waals surface area contributed by atoms with Crippen molar-refractivity contribution in [2.75, 3.05) is 5.32 Å². The summed E-state index contributed by atoms with van der Waals surface area (Å²) in [7, 11) is 1.57. The van der Waals surface area contributed by atoms with Crippen LogP contribution in [0.15, 0.2) is 48.0 Å². The van der Waals surface area contributed by atoms with Crippen LogP contribution in [0, 0.1) is 0 Å². The predicted molar refractivity (Wildman–Crippen MR) is 130 cm³/mol. The first kappa shape index (κ1) is 24.2. The third kappa shape index (κ3) is 3.92. The van der Waals surface area contributed by atoms with E-state index >= 15 is 0 Å². The smallest absolute Gasteiger partial charge is 0.417 e. The molecule has 0 unspecified atom stereocenters. The van der Waals surface area contributed by atoms with Crippen molar-refractivity contribution in [2.45, 2.75) is 31.2 Å². The number of nitrogens with zero attached hydrogens (tertiary/aromatic N) is 7. The van der Waals surface area contributed by atoms with Crippen LogP contribution in [-0.2, 0) is 13.2 Å². The number of rotatable bonds is 5. The van der Waals surface area contributed by atoms with Gasteiger partial charge in [-0.3, -0.25) is 9.78 Å². The summed E-state index contributed by atoms with van der Waals surface area (Å²) in [6.07, 6.45) is 3.55. The van der Waals surface area contributed by atoms with Gasteiger partial charge in [-0.05, 0) is 18.9 Å². The zero-order chi connectivity index (χ0) is 26.8. The van der Waals surface area contributed by atoms with Gasteiger partial charge in [0.2, 0.25) is 5.95 Å². The molecular weight excluding hydrogens is 529 g/mol. The lowest BCUT2D eigenvalue weighted by Gasteiger charge is -2.34. The summed E-state index contributed by atoms with van der Waals surface area (Å²) in [6, 6.07) is -0.0248. The molecule has 1 saturated carbocycles. The fraction of sp³-hybridized carbons (Fsp3) is 0.261. The maximum Gasteiger partial charge on any atom is 0.417 e. The van der Waals surface area contributed by atoms with Crippen molar-refractivity contribution in [3.05, 3.63) is 64.2 Å². The Kier molecular flexibility index (Phi) is 5.54. The van der Waals surface area contributed by atoms with Crippen LogP contribution in [0.1, 0.15) is 24.4 Å². The van der Waals surface area contributed by atoms with Gasteiger partial charge in [0, 0.05) is 25.6 Å². The second-order valence-corrected chi connectivity index (χ2v) is 9.19. The molecule has 0 aliphatic heterocycles. The quantitative estimate of drug-likeness (QED) is 0.338. The minimum atomic E-state index is -4.71. The van der Waals surface area contributed by atoms with E-state index in [9.17, 15) is 23.1 Å². The number of pyridine rings is 2. The van der Waals surface area contributed by atoms with Crippen LogP contribution in [0.4, 0.5) is 24.8 Å². The molecule has 11 nitrogen and oxygen atoms in total. The molecule has 0 aromatic carbocycles. The Hall–Kier alpha value is -4.17. The van der Waals surface area contributed by atoms with Gasteiger partial charge in [0.15, 0.2) is 17.1 Å². The van der Waals surface area contributed by atoms with Crippen molar-refractivity contribution >= 4 is 39.9 Å². The number of hydrogen-bond donors (Lipinski definition) is 2. The van der Waals surface area contributed by atoms with E-state index in [0.717, 1.165) is 10.8 Å². The predicted octanol–water partition coefficient (Wildman–Crippen LogP) is 4.08. The number of ether oxygens (including phenoxy) is 1. The average molecular weight is 547 g/mol. The monoisotopic (exact) mass is 546 g/mol. The number of alkyl halides is 3. The lowest BCUT2D eigenvalue weighted by atomic mass is 9.89. The Morgan fingerprint density at radius 1 is 1.21 bits per heavy atom. The van der Waals surface area contributed by atoms with E-state index in [1.54, 1.807) is 30.2 Å². The van der Waals surface area contributed by atoms with Crippen molar-refractivity contribution < 1.29 is 23.0 Å². The first-order valence-electron chi connectivity index (χ1n) is 11.4. The summed E-state index contributed by atoms with van der Waals surface area (Å²) in [5.74, 6) is 0.598. The highest BCUT2D eigenvalue weighted by atomic mass is 35.5. The highest BCUT2D eigenvalue weighted by Crippen LogP contribution is 2.38. The molecule has 5 aromatic rings. The number of aliphatic hydroxyl groups is 1. The molecule has 1 aliphatic rings. The number of imidazole rings is 1. The number of fused-ring (bicyclic) bond motifs is 2. The fourth-order valence-corrected chi connectivity index (χ4v) is 4.61. The maximum atomic E-state index is 13.6. The van der Waals surface area contributed by atoms with Gasteiger partial charge in [-0.15, -0.1) is 0 Å². The molecule has 0 bridgehead atoms. The van der Waals surface area contributed by atoms with Gasteiger partial charge in [0.1, 0.15) is 21.7 Å². The summed E-state index contributed by atoms with van der Waals surface area (Å²) >= 11 is 6.62. The minimum Gasteiger partial charge on any atom is -0.450 e. The van der Waals surface area contributed by atoms with Gasteiger partial charge in [0.25, 0.3) is 5.56 Å². The summed E-state index contributed by atoms with van der Waals surface area (Å²) in [5, 5.41) is 17.0. The number of aromatic nitrogens is 7. The third-order valence-corrected chi connectivity index (χ3v) is 6.86. The summed E-state index contributed by atoms with van der Waals surface area (Å²) in [6.45, 7) is 0. The van der Waals surface area contributed by atoms with Gasteiger partial charge < -0.3 is 24.3 Å². The van der Waals surface area contributed by atoms with E-state index in [1.165, 1.54) is 17.0 Å². The first-order chi connectivity index (χ1) is 18.1. The number of aliphatic hydroxyl groups excluding tert-OH is 1. The molecule has 1 fully saturated rings. The zero-order valence-corrected chi connectivity index (χ0v) is 20.3. The van der Waals surface area contributed by atoms with Crippen LogP contribution in [0.5, 0.6) is 11.5 Å². The standard InChI is InChI=1S/C23H18ClF3N8O3/c1-33-19-18(24)17(38-16-9-30-35-5-4-28-7-14(16)35)8-29-20(19)32-22(33)31-12-6-11(23(25,26)27)10-34(21(12)37)13-2-3-15(13)36/h4-10,13,15,36H,2-3H2,1H3,(H,29,31,32)/t13-,15+/m0/s1. The summed E-state index contributed by atoms with van der Waals surface area (Å²) in [4.78, 5) is 25.7. The third-order valence-electron chi connectivity index (χ3n) is 6.49. The van der Waals surface area contributed by atoms with Gasteiger partial charge >= 0.3 is 6.18 Å². The molecule has 0 radical (unpaired) electrons. The second kappa shape index (κ2) is 8.70. The molecule has 5 heterocycles. The minimum absolute atomic E-state index is 0.0314. The Morgan fingerprint density at radius 3 is 2.74 bits per heavy atom. The lowest BCUT2D eigenvalue weighted by molar-refractivity contribution is -0.138. The van der Waals surface area contributed by atoms with Gasteiger partial charge in [-0.2, -0.15) is 23.3 Å². The van der Waals surface area contributed by atoms with Crippen molar-refractivity contribution in [2.24, 2.45) is 7.05 Å². The topological polar surface area (TPSA) is 124 Å². The fourth-order valence-electron chi connectivity index (χ4n) is 4.31. The number of nitrogens with one attached hydrogen (secondary N) is 1. The van der Waals surface area contributed by atoms with Gasteiger partial charge in [-0.25, -0.2) is 9.50 Å². The number of anilines is 2. The molecular formula is C23H18ClF3N8O3. The van der Waals surface area contributed by atoms with Crippen LogP contribution in [0.2, 0.25) is 5.02 Å². The summed E-state index contributed by atoms with van der Waals surface area (Å²) in [5.41, 5.74) is -1.03. The molecule has 196 valence electrons. The average Bonchev–Trinajstić information content (AvgIpc) is 3.42. The van der Waals surface area contributed by atoms with Crippen molar-refractivity contribution in [3.63, 3.8) is 0 Å². The van der Waals surface area contributed by atoms with Gasteiger partial charge in [-0.1, -0.05) is 11.6 Å². The van der Waals surface area contributed by atoms with Crippen molar-refractivity contribution in [1.82, 2.24) is 33.7 Å². The second-order valence-electron chi connectivity index (χ2n) is 8.81. The molecule has 6 rings (SSSR count). The normalized spacial score (nSPS) is 17.6. The van der Waals surface area contributed by atoms with E-state index in [2.05, 4.69) is 25.4 Å². The Bertz CT molecular complexity index is 1760. The number of halogens is 4. The molecule has 0 saturated heterocycles. The molecule has 5 aromatic heterocycles. The van der Waals surface area contributed by atoms with Crippen LogP contribution in [0.25, 0.3) is 16.7 Å². The molecule has 2 N–H and O–H groups in total. The molecule has 15 heteroatoms. The van der Waals surface area contributed by atoms with E-state index in [1.807, 2.05) is 0 Å². The van der Waals surface area contributed by atoms with E-state index < -0.39 is 29.4 Å². The molecule has 0 spiro atoms. The highest BCUT2D eigenvalue weighted by Gasteiger charge is 2.36. The maximum absolute atomic E-state index is 13.6. The zero-order valence-electron chi connectivity index (χ0n) is 19.5. The first-order valence-corrected chi connectivity index (χ1v) is 11.7. The van der Waals surface area contributed by atoms with E-state index in [4.69, 9.17) is 16.3 Å². The van der Waals surface area contributed by atoms with Crippen LogP contribution < -0.4 is 15.6 Å². The van der Waals surface area contributed by atoms with E-state index in [0.29, 0.717) is 35.7 Å². The van der Waals surface area contributed by atoms with Crippen molar-refractivity contribution in [1.29, 1.82) is 0 Å². The largest absolute Gasteiger partial charge is 0.450 e.